The normalized spacial score (nSPS) is 12.0. The SMILES string of the molecule is COc1ccc(Br)cc1CC(O)c1c(Cl)cccc1OC. The molecular weight excluding hydrogens is 356 g/mol. The van der Waals surface area contributed by atoms with E-state index in [0.29, 0.717) is 22.8 Å². The maximum atomic E-state index is 10.5. The standard InChI is InChI=1S/C16H16BrClO3/c1-20-14-7-6-11(17)8-10(14)9-13(19)16-12(18)4-3-5-15(16)21-2/h3-8,13,19H,9H2,1-2H3. The molecule has 2 aromatic rings. The van der Waals surface area contributed by atoms with E-state index in [-0.39, 0.29) is 0 Å². The van der Waals surface area contributed by atoms with Crippen LogP contribution in [0, 0.1) is 0 Å². The van der Waals surface area contributed by atoms with Gasteiger partial charge in [-0.1, -0.05) is 33.6 Å². The average Bonchev–Trinajstić information content (AvgIpc) is 2.47. The van der Waals surface area contributed by atoms with E-state index < -0.39 is 6.10 Å². The first-order valence-electron chi connectivity index (χ1n) is 6.39. The van der Waals surface area contributed by atoms with Crippen LogP contribution < -0.4 is 9.47 Å². The molecule has 3 nitrogen and oxygen atoms in total. The number of rotatable bonds is 5. The molecule has 112 valence electrons. The molecule has 0 amide bonds. The quantitative estimate of drug-likeness (QED) is 0.847. The Morgan fingerprint density at radius 2 is 1.86 bits per heavy atom. The first-order valence-corrected chi connectivity index (χ1v) is 7.56. The third kappa shape index (κ3) is 3.70. The van der Waals surface area contributed by atoms with E-state index in [2.05, 4.69) is 15.9 Å². The van der Waals surface area contributed by atoms with Crippen molar-refractivity contribution >= 4 is 27.5 Å². The molecule has 0 aliphatic carbocycles. The van der Waals surface area contributed by atoms with Crippen LogP contribution in [-0.2, 0) is 6.42 Å². The van der Waals surface area contributed by atoms with Crippen LogP contribution in [0.15, 0.2) is 40.9 Å². The summed E-state index contributed by atoms with van der Waals surface area (Å²) < 4.78 is 11.5. The van der Waals surface area contributed by atoms with Crippen LogP contribution in [0.5, 0.6) is 11.5 Å². The van der Waals surface area contributed by atoms with Gasteiger partial charge >= 0.3 is 0 Å². The molecule has 1 N–H and O–H groups in total. The molecule has 0 fully saturated rings. The predicted octanol–water partition coefficient (Wildman–Crippen LogP) is 4.40. The number of ether oxygens (including phenoxy) is 2. The second-order valence-corrected chi connectivity index (χ2v) is 5.85. The fraction of sp³-hybridized carbons (Fsp3) is 0.250. The van der Waals surface area contributed by atoms with Gasteiger partial charge in [0.25, 0.3) is 0 Å². The number of halogens is 2. The summed E-state index contributed by atoms with van der Waals surface area (Å²) in [7, 11) is 3.16. The smallest absolute Gasteiger partial charge is 0.126 e. The average molecular weight is 372 g/mol. The van der Waals surface area contributed by atoms with E-state index in [9.17, 15) is 5.11 Å². The van der Waals surface area contributed by atoms with Crippen molar-refractivity contribution in [3.63, 3.8) is 0 Å². The summed E-state index contributed by atoms with van der Waals surface area (Å²) in [5.74, 6) is 1.30. The van der Waals surface area contributed by atoms with Crippen molar-refractivity contribution in [2.24, 2.45) is 0 Å². The molecule has 5 heteroatoms. The molecular formula is C16H16BrClO3. The molecule has 1 atom stereocenters. The van der Waals surface area contributed by atoms with Gasteiger partial charge in [0.05, 0.1) is 25.3 Å². The molecule has 0 heterocycles. The van der Waals surface area contributed by atoms with Crippen molar-refractivity contribution in [2.75, 3.05) is 14.2 Å². The molecule has 0 aliphatic heterocycles. The first kappa shape index (κ1) is 16.1. The Kier molecular flexibility index (Phi) is 5.51. The zero-order valence-electron chi connectivity index (χ0n) is 11.8. The molecule has 0 saturated carbocycles. The number of hydrogen-bond acceptors (Lipinski definition) is 3. The molecule has 0 saturated heterocycles. The maximum Gasteiger partial charge on any atom is 0.126 e. The van der Waals surface area contributed by atoms with Gasteiger partial charge in [0.15, 0.2) is 0 Å². The van der Waals surface area contributed by atoms with E-state index in [1.807, 2.05) is 18.2 Å². The summed E-state index contributed by atoms with van der Waals surface area (Å²) in [6.45, 7) is 0. The number of benzene rings is 2. The van der Waals surface area contributed by atoms with Crippen molar-refractivity contribution in [1.29, 1.82) is 0 Å². The number of hydrogen-bond donors (Lipinski definition) is 1. The van der Waals surface area contributed by atoms with Gasteiger partial charge in [-0.05, 0) is 35.9 Å². The Bertz CT molecular complexity index is 631. The van der Waals surface area contributed by atoms with Gasteiger partial charge in [0, 0.05) is 16.5 Å². The molecule has 0 radical (unpaired) electrons. The first-order chi connectivity index (χ1) is 10.1. The van der Waals surface area contributed by atoms with Crippen LogP contribution in [-0.4, -0.2) is 19.3 Å². The highest BCUT2D eigenvalue weighted by atomic mass is 79.9. The predicted molar refractivity (Wildman–Crippen MR) is 87.4 cm³/mol. The van der Waals surface area contributed by atoms with E-state index >= 15 is 0 Å². The van der Waals surface area contributed by atoms with Gasteiger partial charge in [-0.25, -0.2) is 0 Å². The molecule has 21 heavy (non-hydrogen) atoms. The third-order valence-corrected chi connectivity index (χ3v) is 4.04. The van der Waals surface area contributed by atoms with Gasteiger partial charge in [-0.2, -0.15) is 0 Å². The van der Waals surface area contributed by atoms with E-state index in [1.165, 1.54) is 0 Å². The van der Waals surface area contributed by atoms with Crippen molar-refractivity contribution in [3.05, 3.63) is 57.0 Å². The molecule has 0 spiro atoms. The molecule has 1 unspecified atom stereocenters. The van der Waals surface area contributed by atoms with Crippen molar-refractivity contribution in [3.8, 4) is 11.5 Å². The highest BCUT2D eigenvalue weighted by Crippen LogP contribution is 2.35. The van der Waals surface area contributed by atoms with Crippen molar-refractivity contribution in [2.45, 2.75) is 12.5 Å². The van der Waals surface area contributed by atoms with Crippen LogP contribution in [0.25, 0.3) is 0 Å². The molecule has 2 aromatic carbocycles. The van der Waals surface area contributed by atoms with Crippen LogP contribution in [0.4, 0.5) is 0 Å². The van der Waals surface area contributed by atoms with E-state index in [0.717, 1.165) is 15.8 Å². The summed E-state index contributed by atoms with van der Waals surface area (Å²) >= 11 is 9.62. The zero-order chi connectivity index (χ0) is 15.4. The summed E-state index contributed by atoms with van der Waals surface area (Å²) in [5.41, 5.74) is 1.48. The van der Waals surface area contributed by atoms with Crippen LogP contribution in [0.1, 0.15) is 17.2 Å². The Morgan fingerprint density at radius 1 is 1.14 bits per heavy atom. The number of aliphatic hydroxyl groups excluding tert-OH is 1. The van der Waals surface area contributed by atoms with Crippen LogP contribution in [0.2, 0.25) is 5.02 Å². The second-order valence-electron chi connectivity index (χ2n) is 4.53. The number of aliphatic hydroxyl groups is 1. The Hall–Kier alpha value is -1.23. The fourth-order valence-corrected chi connectivity index (χ4v) is 2.94. The van der Waals surface area contributed by atoms with Gasteiger partial charge in [-0.3, -0.25) is 0 Å². The molecule has 0 aromatic heterocycles. The number of methoxy groups -OCH3 is 2. The van der Waals surface area contributed by atoms with E-state index in [4.69, 9.17) is 21.1 Å². The van der Waals surface area contributed by atoms with Crippen molar-refractivity contribution < 1.29 is 14.6 Å². The monoisotopic (exact) mass is 370 g/mol. The lowest BCUT2D eigenvalue weighted by Gasteiger charge is -2.18. The molecule has 2 rings (SSSR count). The van der Waals surface area contributed by atoms with E-state index in [1.54, 1.807) is 32.4 Å². The Morgan fingerprint density at radius 3 is 2.52 bits per heavy atom. The Labute approximate surface area is 137 Å². The lowest BCUT2D eigenvalue weighted by molar-refractivity contribution is 0.173. The summed E-state index contributed by atoms with van der Waals surface area (Å²) in [5, 5.41) is 11.0. The summed E-state index contributed by atoms with van der Waals surface area (Å²) in [4.78, 5) is 0. The van der Waals surface area contributed by atoms with Crippen molar-refractivity contribution in [1.82, 2.24) is 0 Å². The highest BCUT2D eigenvalue weighted by molar-refractivity contribution is 9.10. The third-order valence-electron chi connectivity index (χ3n) is 3.22. The van der Waals surface area contributed by atoms with Crippen LogP contribution in [0.3, 0.4) is 0 Å². The lowest BCUT2D eigenvalue weighted by atomic mass is 10.00. The van der Waals surface area contributed by atoms with Gasteiger partial charge in [-0.15, -0.1) is 0 Å². The van der Waals surface area contributed by atoms with Gasteiger partial charge in [0.2, 0.25) is 0 Å². The van der Waals surface area contributed by atoms with Gasteiger partial charge < -0.3 is 14.6 Å². The maximum absolute atomic E-state index is 10.5. The Balaban J connectivity index is 2.34. The summed E-state index contributed by atoms with van der Waals surface area (Å²) in [6.07, 6.45) is -0.403. The van der Waals surface area contributed by atoms with Crippen LogP contribution >= 0.6 is 27.5 Å². The minimum Gasteiger partial charge on any atom is -0.496 e. The second kappa shape index (κ2) is 7.16. The topological polar surface area (TPSA) is 38.7 Å². The molecule has 0 bridgehead atoms. The zero-order valence-corrected chi connectivity index (χ0v) is 14.1. The molecule has 0 aliphatic rings. The largest absolute Gasteiger partial charge is 0.496 e. The lowest BCUT2D eigenvalue weighted by Crippen LogP contribution is -2.06. The fourth-order valence-electron chi connectivity index (χ4n) is 2.24. The van der Waals surface area contributed by atoms with Gasteiger partial charge in [0.1, 0.15) is 11.5 Å². The summed E-state index contributed by atoms with van der Waals surface area (Å²) in [6, 6.07) is 11.0. The minimum absolute atomic E-state index is 0.378. The minimum atomic E-state index is -0.781. The highest BCUT2D eigenvalue weighted by Gasteiger charge is 2.19.